The third kappa shape index (κ3) is 5.82. The number of benzene rings is 1. The summed E-state index contributed by atoms with van der Waals surface area (Å²) in [5, 5.41) is 13.6. The second-order valence-corrected chi connectivity index (χ2v) is 2.97. The van der Waals surface area contributed by atoms with Crippen molar-refractivity contribution in [3.05, 3.63) is 39.9 Å². The Bertz CT molecular complexity index is 279. The smallest absolute Gasteiger partial charge is 0.291 e. The maximum atomic E-state index is 8.36. The molecular formula is C9H14N2O3. The fourth-order valence-corrected chi connectivity index (χ4v) is 0.843. The zero-order valence-corrected chi connectivity index (χ0v) is 8.47. The molecule has 0 bridgehead atoms. The Morgan fingerprint density at radius 2 is 1.64 bits per heavy atom. The Morgan fingerprint density at radius 1 is 1.29 bits per heavy atom. The zero-order chi connectivity index (χ0) is 11.1. The Balaban J connectivity index is 0.000000364. The molecule has 0 aromatic heterocycles. The van der Waals surface area contributed by atoms with Gasteiger partial charge in [-0.15, -0.1) is 10.1 Å². The van der Waals surface area contributed by atoms with Crippen molar-refractivity contribution in [3.8, 4) is 0 Å². The summed E-state index contributed by atoms with van der Waals surface area (Å²) in [6, 6.07) is 8.48. The highest BCUT2D eigenvalue weighted by Gasteiger charge is 1.90. The van der Waals surface area contributed by atoms with Crippen LogP contribution < -0.4 is 4.90 Å². The lowest BCUT2D eigenvalue weighted by molar-refractivity contribution is -0.742. The van der Waals surface area contributed by atoms with Crippen LogP contribution in [0.5, 0.6) is 0 Å². The summed E-state index contributed by atoms with van der Waals surface area (Å²) in [7, 11) is 4.09. The first kappa shape index (κ1) is 12.2. The van der Waals surface area contributed by atoms with E-state index in [1.807, 2.05) is 14.1 Å². The van der Waals surface area contributed by atoms with E-state index in [4.69, 9.17) is 15.3 Å². The van der Waals surface area contributed by atoms with Crippen LogP contribution in [0.2, 0.25) is 0 Å². The molecule has 1 rings (SSSR count). The summed E-state index contributed by atoms with van der Waals surface area (Å²) in [5.41, 5.74) is 2.57. The molecule has 14 heavy (non-hydrogen) atoms. The molecule has 1 N–H and O–H groups in total. The summed E-state index contributed by atoms with van der Waals surface area (Å²) >= 11 is 0. The quantitative estimate of drug-likeness (QED) is 0.551. The average Bonchev–Trinajstić information content (AvgIpc) is 2.03. The summed E-state index contributed by atoms with van der Waals surface area (Å²) in [6.07, 6.45) is 0. The molecule has 5 nitrogen and oxygen atoms in total. The normalized spacial score (nSPS) is 8.50. The minimum Gasteiger partial charge on any atom is -0.378 e. The van der Waals surface area contributed by atoms with Gasteiger partial charge in [0.05, 0.1) is 0 Å². The van der Waals surface area contributed by atoms with Crippen LogP contribution in [0.4, 0.5) is 5.69 Å². The minimum absolute atomic E-state index is 1.26. The molecule has 1 aromatic rings. The molecule has 0 aliphatic rings. The van der Waals surface area contributed by atoms with E-state index in [1.165, 1.54) is 11.3 Å². The van der Waals surface area contributed by atoms with Gasteiger partial charge in [0.2, 0.25) is 0 Å². The molecule has 1 aromatic carbocycles. The van der Waals surface area contributed by atoms with E-state index >= 15 is 0 Å². The van der Waals surface area contributed by atoms with Crippen molar-refractivity contribution in [1.29, 1.82) is 0 Å². The number of hydrogen-bond acceptors (Lipinski definition) is 3. The first-order valence-electron chi connectivity index (χ1n) is 4.00. The van der Waals surface area contributed by atoms with Gasteiger partial charge in [0.15, 0.2) is 0 Å². The summed E-state index contributed by atoms with van der Waals surface area (Å²) in [5.74, 6) is 0. The van der Waals surface area contributed by atoms with Gasteiger partial charge in [0, 0.05) is 19.8 Å². The zero-order valence-electron chi connectivity index (χ0n) is 8.47. The first-order chi connectivity index (χ1) is 6.43. The van der Waals surface area contributed by atoms with Crippen LogP contribution in [0.1, 0.15) is 5.56 Å². The van der Waals surface area contributed by atoms with Gasteiger partial charge >= 0.3 is 0 Å². The molecule has 0 spiro atoms. The molecule has 0 fully saturated rings. The Hall–Kier alpha value is -1.78. The van der Waals surface area contributed by atoms with E-state index in [0.29, 0.717) is 0 Å². The molecule has 0 radical (unpaired) electrons. The van der Waals surface area contributed by atoms with E-state index < -0.39 is 5.09 Å². The van der Waals surface area contributed by atoms with Gasteiger partial charge in [-0.3, -0.25) is 0 Å². The van der Waals surface area contributed by atoms with Gasteiger partial charge in [-0.2, -0.15) is 0 Å². The fraction of sp³-hybridized carbons (Fsp3) is 0.333. The fourth-order valence-electron chi connectivity index (χ4n) is 0.843. The molecule has 0 atom stereocenters. The third-order valence-electron chi connectivity index (χ3n) is 1.55. The van der Waals surface area contributed by atoms with Crippen LogP contribution in [0, 0.1) is 17.0 Å². The highest BCUT2D eigenvalue weighted by molar-refractivity contribution is 5.45. The molecule has 0 saturated carbocycles. The second kappa shape index (κ2) is 5.80. The largest absolute Gasteiger partial charge is 0.378 e. The molecule has 0 heterocycles. The molecule has 78 valence electrons. The van der Waals surface area contributed by atoms with Crippen molar-refractivity contribution >= 4 is 5.69 Å². The monoisotopic (exact) mass is 198 g/mol. The number of hydrogen-bond donors (Lipinski definition) is 1. The average molecular weight is 198 g/mol. The predicted molar refractivity (Wildman–Crippen MR) is 54.3 cm³/mol. The van der Waals surface area contributed by atoms with Gasteiger partial charge in [-0.25, -0.2) is 0 Å². The molecule has 0 aliphatic heterocycles. The van der Waals surface area contributed by atoms with Gasteiger partial charge < -0.3 is 10.1 Å². The Labute approximate surface area is 82.7 Å². The minimum atomic E-state index is -1.50. The molecule has 0 unspecified atom stereocenters. The summed E-state index contributed by atoms with van der Waals surface area (Å²) < 4.78 is 0. The molecule has 5 heteroatoms. The van der Waals surface area contributed by atoms with E-state index in [1.54, 1.807) is 0 Å². The van der Waals surface area contributed by atoms with E-state index in [9.17, 15) is 0 Å². The van der Waals surface area contributed by atoms with Crippen LogP contribution in [0.3, 0.4) is 0 Å². The van der Waals surface area contributed by atoms with Crippen LogP contribution >= 0.6 is 0 Å². The second-order valence-electron chi connectivity index (χ2n) is 2.97. The maximum Gasteiger partial charge on any atom is 0.291 e. The topological polar surface area (TPSA) is 66.6 Å². The van der Waals surface area contributed by atoms with Gasteiger partial charge in [0.1, 0.15) is 0 Å². The standard InChI is InChI=1S/C9H13N.HNO3/c1-8-4-6-9(7-5-8)10(2)3;2-1(3)4/h4-7H,1-3H3;(H,2,3,4). The van der Waals surface area contributed by atoms with Crippen molar-refractivity contribution in [3.63, 3.8) is 0 Å². The Kier molecular flexibility index (Phi) is 5.06. The van der Waals surface area contributed by atoms with Crippen molar-refractivity contribution in [1.82, 2.24) is 0 Å². The summed E-state index contributed by atoms with van der Waals surface area (Å²) in [6.45, 7) is 2.10. The lowest BCUT2D eigenvalue weighted by Crippen LogP contribution is -2.07. The molecule has 0 aliphatic carbocycles. The highest BCUT2D eigenvalue weighted by Crippen LogP contribution is 2.10. The van der Waals surface area contributed by atoms with Gasteiger partial charge in [-0.1, -0.05) is 17.7 Å². The van der Waals surface area contributed by atoms with Crippen LogP contribution in [-0.4, -0.2) is 24.4 Å². The van der Waals surface area contributed by atoms with Crippen molar-refractivity contribution in [2.75, 3.05) is 19.0 Å². The van der Waals surface area contributed by atoms with E-state index in [-0.39, 0.29) is 0 Å². The van der Waals surface area contributed by atoms with Crippen molar-refractivity contribution in [2.45, 2.75) is 6.92 Å². The molecule has 0 amide bonds. The van der Waals surface area contributed by atoms with Crippen LogP contribution in [0.15, 0.2) is 24.3 Å². The third-order valence-corrected chi connectivity index (χ3v) is 1.55. The first-order valence-corrected chi connectivity index (χ1v) is 4.00. The van der Waals surface area contributed by atoms with Gasteiger partial charge in [-0.05, 0) is 19.1 Å². The number of anilines is 1. The van der Waals surface area contributed by atoms with Crippen molar-refractivity contribution in [2.24, 2.45) is 0 Å². The number of nitrogens with zero attached hydrogens (tertiary/aromatic N) is 2. The predicted octanol–water partition coefficient (Wildman–Crippen LogP) is 1.71. The number of aryl methyl sites for hydroxylation is 1. The van der Waals surface area contributed by atoms with Crippen LogP contribution in [0.25, 0.3) is 0 Å². The lowest BCUT2D eigenvalue weighted by atomic mass is 10.2. The van der Waals surface area contributed by atoms with Crippen LogP contribution in [-0.2, 0) is 0 Å². The van der Waals surface area contributed by atoms with Gasteiger partial charge in [0.25, 0.3) is 5.09 Å². The lowest BCUT2D eigenvalue weighted by Gasteiger charge is -2.11. The Morgan fingerprint density at radius 3 is 1.93 bits per heavy atom. The van der Waals surface area contributed by atoms with E-state index in [2.05, 4.69) is 36.1 Å². The summed E-state index contributed by atoms with van der Waals surface area (Å²) in [4.78, 5) is 10.5. The molecule has 0 saturated heterocycles. The van der Waals surface area contributed by atoms with E-state index in [0.717, 1.165) is 0 Å². The maximum absolute atomic E-state index is 8.36. The molecular weight excluding hydrogens is 184 g/mol. The SMILES string of the molecule is Cc1ccc(N(C)C)cc1.O=[N+]([O-])O. The number of rotatable bonds is 1. The van der Waals surface area contributed by atoms with Crippen molar-refractivity contribution < 1.29 is 10.3 Å². The highest BCUT2D eigenvalue weighted by atomic mass is 16.9.